The number of pyridine rings is 1. The minimum Gasteiger partial charge on any atom is -0.351 e. The zero-order valence-electron chi connectivity index (χ0n) is 17.7. The van der Waals surface area contributed by atoms with Crippen molar-refractivity contribution in [3.63, 3.8) is 0 Å². The van der Waals surface area contributed by atoms with Crippen molar-refractivity contribution < 1.29 is 14.0 Å². The number of nitrogens with zero attached hydrogens (tertiary/aromatic N) is 2. The lowest BCUT2D eigenvalue weighted by molar-refractivity contribution is -0.127. The molecule has 1 aliphatic carbocycles. The molecule has 5 nitrogen and oxygen atoms in total. The Hall–Kier alpha value is -3.06. The first-order chi connectivity index (χ1) is 15.6. The highest BCUT2D eigenvalue weighted by Crippen LogP contribution is 2.28. The molecule has 0 spiro atoms. The van der Waals surface area contributed by atoms with Crippen LogP contribution in [-0.4, -0.2) is 27.7 Å². The van der Waals surface area contributed by atoms with Crippen LogP contribution in [0.2, 0.25) is 0 Å². The van der Waals surface area contributed by atoms with E-state index in [1.165, 1.54) is 29.9 Å². The first-order valence-corrected chi connectivity index (χ1v) is 11.8. The monoisotopic (exact) mass is 451 g/mol. The molecule has 2 aromatic heterocycles. The number of amides is 2. The lowest BCUT2D eigenvalue weighted by Crippen LogP contribution is -2.47. The van der Waals surface area contributed by atoms with Crippen LogP contribution in [0.4, 0.5) is 4.39 Å². The Labute approximate surface area is 191 Å². The van der Waals surface area contributed by atoms with Crippen LogP contribution >= 0.6 is 11.3 Å². The average Bonchev–Trinajstić information content (AvgIpc) is 3.34. The quantitative estimate of drug-likeness (QED) is 0.543. The normalized spacial score (nSPS) is 15.2. The summed E-state index contributed by atoms with van der Waals surface area (Å²) < 4.78 is 13.7. The molecule has 1 saturated carbocycles. The smallest absolute Gasteiger partial charge is 0.273 e. The topological polar surface area (TPSA) is 62.3 Å². The van der Waals surface area contributed by atoms with Crippen molar-refractivity contribution in [2.75, 3.05) is 0 Å². The van der Waals surface area contributed by atoms with Crippen molar-refractivity contribution >= 4 is 23.2 Å². The number of hydrogen-bond donors (Lipinski definition) is 1. The zero-order valence-corrected chi connectivity index (χ0v) is 18.6. The number of aromatic nitrogens is 1. The molecule has 3 aromatic rings. The maximum Gasteiger partial charge on any atom is 0.273 e. The summed E-state index contributed by atoms with van der Waals surface area (Å²) in [6.07, 6.45) is 6.76. The van der Waals surface area contributed by atoms with Crippen LogP contribution < -0.4 is 5.32 Å². The number of hydrogen-bond acceptors (Lipinski definition) is 4. The third-order valence-electron chi connectivity index (χ3n) is 5.75. The van der Waals surface area contributed by atoms with Crippen LogP contribution in [0.1, 0.15) is 59.1 Å². The summed E-state index contributed by atoms with van der Waals surface area (Å²) in [7, 11) is 0. The molecule has 7 heteroatoms. The number of nitrogens with one attached hydrogen (secondary N) is 1. The second-order valence-electron chi connectivity index (χ2n) is 8.03. The summed E-state index contributed by atoms with van der Waals surface area (Å²) in [5.74, 6) is -0.975. The lowest BCUT2D eigenvalue weighted by Gasteiger charge is -2.33. The Bertz CT molecular complexity index is 1020. The second kappa shape index (κ2) is 10.5. The molecular weight excluding hydrogens is 425 g/mol. The van der Waals surface area contributed by atoms with E-state index in [1.54, 1.807) is 41.4 Å². The predicted octanol–water partition coefficient (Wildman–Crippen LogP) is 5.11. The molecule has 1 aliphatic rings. The van der Waals surface area contributed by atoms with Crippen molar-refractivity contribution in [2.24, 2.45) is 0 Å². The standard InChI is InChI=1S/C25H26FN3O2S/c26-19-13-11-18(12-14-19)23(24(30)28-20-7-2-1-3-8-20)29(17-21-9-6-16-32-21)25(31)22-10-4-5-15-27-22/h4-6,9-16,20,23H,1-3,7-8,17H2,(H,28,30)/t23-/m1/s1. The fourth-order valence-electron chi connectivity index (χ4n) is 4.13. The van der Waals surface area contributed by atoms with Gasteiger partial charge in [-0.05, 0) is 54.1 Å². The summed E-state index contributed by atoms with van der Waals surface area (Å²) in [6.45, 7) is 0.257. The van der Waals surface area contributed by atoms with E-state index in [1.807, 2.05) is 17.5 Å². The first kappa shape index (κ1) is 22.1. The van der Waals surface area contributed by atoms with Crippen LogP contribution in [-0.2, 0) is 11.3 Å². The van der Waals surface area contributed by atoms with Gasteiger partial charge in [-0.25, -0.2) is 4.39 Å². The molecule has 2 amide bonds. The van der Waals surface area contributed by atoms with E-state index < -0.39 is 6.04 Å². The molecule has 0 radical (unpaired) electrons. The van der Waals surface area contributed by atoms with Crippen molar-refractivity contribution in [3.8, 4) is 0 Å². The van der Waals surface area contributed by atoms with Crippen molar-refractivity contribution in [2.45, 2.75) is 50.7 Å². The molecule has 1 N–H and O–H groups in total. The van der Waals surface area contributed by atoms with Gasteiger partial charge in [0.15, 0.2) is 0 Å². The van der Waals surface area contributed by atoms with E-state index in [0.717, 1.165) is 30.6 Å². The van der Waals surface area contributed by atoms with Crippen LogP contribution in [0.15, 0.2) is 66.2 Å². The summed E-state index contributed by atoms with van der Waals surface area (Å²) in [5, 5.41) is 5.09. The van der Waals surface area contributed by atoms with Gasteiger partial charge in [-0.3, -0.25) is 14.6 Å². The molecule has 0 bridgehead atoms. The number of benzene rings is 1. The maximum atomic E-state index is 13.7. The molecule has 4 rings (SSSR count). The summed E-state index contributed by atoms with van der Waals surface area (Å²) in [5.41, 5.74) is 0.835. The molecule has 1 fully saturated rings. The summed E-state index contributed by atoms with van der Waals surface area (Å²) in [6, 6.07) is 14.0. The van der Waals surface area contributed by atoms with E-state index in [0.29, 0.717) is 5.56 Å². The predicted molar refractivity (Wildman–Crippen MR) is 123 cm³/mol. The van der Waals surface area contributed by atoms with Gasteiger partial charge in [0, 0.05) is 17.1 Å². The van der Waals surface area contributed by atoms with E-state index in [9.17, 15) is 14.0 Å². The molecular formula is C25H26FN3O2S. The number of rotatable bonds is 7. The minimum atomic E-state index is -0.894. The fraction of sp³-hybridized carbons (Fsp3) is 0.320. The van der Waals surface area contributed by atoms with Crippen molar-refractivity contribution in [3.05, 3.63) is 88.1 Å². The molecule has 0 unspecified atom stereocenters. The number of carbonyl (C=O) groups excluding carboxylic acids is 2. The summed E-state index contributed by atoms with van der Waals surface area (Å²) >= 11 is 1.52. The fourth-order valence-corrected chi connectivity index (χ4v) is 4.83. The lowest BCUT2D eigenvalue weighted by atomic mass is 9.94. The van der Waals surface area contributed by atoms with Crippen molar-refractivity contribution in [1.82, 2.24) is 15.2 Å². The molecule has 1 atom stereocenters. The Kier molecular flexibility index (Phi) is 7.27. The van der Waals surface area contributed by atoms with E-state index >= 15 is 0 Å². The van der Waals surface area contributed by atoms with Crippen LogP contribution in [0.5, 0.6) is 0 Å². The van der Waals surface area contributed by atoms with Crippen LogP contribution in [0.25, 0.3) is 0 Å². The average molecular weight is 452 g/mol. The van der Waals surface area contributed by atoms with Gasteiger partial charge in [-0.1, -0.05) is 43.5 Å². The van der Waals surface area contributed by atoms with Crippen LogP contribution in [0.3, 0.4) is 0 Å². The largest absolute Gasteiger partial charge is 0.351 e. The molecule has 0 aliphatic heterocycles. The molecule has 166 valence electrons. The van der Waals surface area contributed by atoms with Gasteiger partial charge in [0.25, 0.3) is 5.91 Å². The van der Waals surface area contributed by atoms with Gasteiger partial charge in [-0.15, -0.1) is 11.3 Å². The Balaban J connectivity index is 1.71. The Morgan fingerprint density at radius 3 is 2.50 bits per heavy atom. The van der Waals surface area contributed by atoms with Gasteiger partial charge < -0.3 is 10.2 Å². The third-order valence-corrected chi connectivity index (χ3v) is 6.61. The minimum absolute atomic E-state index is 0.0905. The third kappa shape index (κ3) is 5.40. The van der Waals surface area contributed by atoms with Gasteiger partial charge in [0.05, 0.1) is 6.54 Å². The van der Waals surface area contributed by atoms with Gasteiger partial charge >= 0.3 is 0 Å². The Morgan fingerprint density at radius 1 is 1.06 bits per heavy atom. The molecule has 0 saturated heterocycles. The van der Waals surface area contributed by atoms with Gasteiger partial charge in [-0.2, -0.15) is 0 Å². The summed E-state index contributed by atoms with van der Waals surface area (Å²) in [4.78, 5) is 33.9. The Morgan fingerprint density at radius 2 is 1.84 bits per heavy atom. The van der Waals surface area contributed by atoms with E-state index in [2.05, 4.69) is 10.3 Å². The highest BCUT2D eigenvalue weighted by molar-refractivity contribution is 7.09. The highest BCUT2D eigenvalue weighted by atomic mass is 32.1. The van der Waals surface area contributed by atoms with E-state index in [4.69, 9.17) is 0 Å². The maximum absolute atomic E-state index is 13.7. The second-order valence-corrected chi connectivity index (χ2v) is 9.06. The van der Waals surface area contributed by atoms with Gasteiger partial charge in [0.1, 0.15) is 17.6 Å². The van der Waals surface area contributed by atoms with Crippen molar-refractivity contribution in [1.29, 1.82) is 0 Å². The first-order valence-electron chi connectivity index (χ1n) is 10.9. The van der Waals surface area contributed by atoms with Gasteiger partial charge in [0.2, 0.25) is 5.91 Å². The number of halogens is 1. The SMILES string of the molecule is O=C(NC1CCCCC1)[C@@H](c1ccc(F)cc1)N(Cc1cccs1)C(=O)c1ccccn1. The molecule has 1 aromatic carbocycles. The highest BCUT2D eigenvalue weighted by Gasteiger charge is 2.34. The zero-order chi connectivity index (χ0) is 22.3. The molecule has 32 heavy (non-hydrogen) atoms. The number of thiophene rings is 1. The van der Waals surface area contributed by atoms with E-state index in [-0.39, 0.29) is 35.9 Å². The molecule has 2 heterocycles. The van der Waals surface area contributed by atoms with Crippen LogP contribution in [0, 0.1) is 5.82 Å². The number of carbonyl (C=O) groups is 2.